The second-order valence-corrected chi connectivity index (χ2v) is 8.41. The maximum absolute atomic E-state index is 13.3. The fourth-order valence-electron chi connectivity index (χ4n) is 4.14. The van der Waals surface area contributed by atoms with Crippen molar-refractivity contribution in [3.8, 4) is 0 Å². The maximum Gasteiger partial charge on any atom is 0.327 e. The molecule has 0 saturated carbocycles. The van der Waals surface area contributed by atoms with Crippen LogP contribution in [0.3, 0.4) is 0 Å². The summed E-state index contributed by atoms with van der Waals surface area (Å²) in [6.07, 6.45) is 4.82. The van der Waals surface area contributed by atoms with Gasteiger partial charge in [0.1, 0.15) is 12.3 Å². The van der Waals surface area contributed by atoms with Gasteiger partial charge in [0.15, 0.2) is 0 Å². The molecule has 0 aliphatic carbocycles. The van der Waals surface area contributed by atoms with E-state index in [2.05, 4.69) is 16.0 Å². The number of nitrogens with two attached hydrogens (primary N) is 1. The zero-order chi connectivity index (χ0) is 22.5. The number of likely N-dealkylation sites (tertiary alicyclic amines) is 1. The summed E-state index contributed by atoms with van der Waals surface area (Å²) in [7, 11) is 0. The fourth-order valence-corrected chi connectivity index (χ4v) is 4.14. The van der Waals surface area contributed by atoms with E-state index in [1.807, 2.05) is 36.5 Å². The van der Waals surface area contributed by atoms with Gasteiger partial charge in [0.25, 0.3) is 0 Å². The van der Waals surface area contributed by atoms with Crippen molar-refractivity contribution in [1.82, 2.24) is 20.9 Å². The van der Waals surface area contributed by atoms with Crippen LogP contribution in [-0.2, 0) is 11.3 Å². The van der Waals surface area contributed by atoms with Crippen molar-refractivity contribution in [1.29, 1.82) is 0 Å². The van der Waals surface area contributed by atoms with Crippen molar-refractivity contribution < 1.29 is 14.0 Å². The number of alkyl halides is 1. The molecule has 32 heavy (non-hydrogen) atoms. The van der Waals surface area contributed by atoms with Crippen LogP contribution in [0.1, 0.15) is 31.2 Å². The summed E-state index contributed by atoms with van der Waals surface area (Å²) in [6.45, 7) is 3.00. The number of amides is 3. The molecule has 8 nitrogen and oxygen atoms in total. The second kappa shape index (κ2) is 10.1. The highest BCUT2D eigenvalue weighted by Gasteiger charge is 2.31. The van der Waals surface area contributed by atoms with Crippen molar-refractivity contribution in [2.75, 3.05) is 31.1 Å². The lowest BCUT2D eigenvalue weighted by Crippen LogP contribution is -2.51. The number of rotatable bonds is 9. The normalized spacial score (nSPS) is 22.2. The number of halogens is 1. The van der Waals surface area contributed by atoms with Gasteiger partial charge in [0.2, 0.25) is 5.91 Å². The molecule has 0 aromatic heterocycles. The molecule has 3 aliphatic rings. The van der Waals surface area contributed by atoms with Crippen LogP contribution in [0.25, 0.3) is 0 Å². The molecule has 1 fully saturated rings. The molecular weight excluding hydrogens is 411 g/mol. The minimum absolute atomic E-state index is 0.0278. The van der Waals surface area contributed by atoms with Gasteiger partial charge in [-0.25, -0.2) is 9.18 Å². The number of fused-ring (bicyclic) bond motifs is 1. The highest BCUT2D eigenvalue weighted by Crippen LogP contribution is 2.26. The van der Waals surface area contributed by atoms with Crippen LogP contribution in [-0.4, -0.2) is 55.4 Å². The number of nitrogens with one attached hydrogen (secondary N) is 3. The maximum atomic E-state index is 13.3. The summed E-state index contributed by atoms with van der Waals surface area (Å²) in [5, 5.41) is 9.56. The first-order valence-corrected chi connectivity index (χ1v) is 11.2. The molecule has 172 valence electrons. The van der Waals surface area contributed by atoms with Gasteiger partial charge in [-0.15, -0.1) is 0 Å². The van der Waals surface area contributed by atoms with E-state index in [0.717, 1.165) is 42.0 Å². The fraction of sp³-hybridized carbons (Fsp3) is 0.478. The van der Waals surface area contributed by atoms with Crippen molar-refractivity contribution in [3.63, 3.8) is 0 Å². The van der Waals surface area contributed by atoms with Crippen molar-refractivity contribution >= 4 is 17.6 Å². The van der Waals surface area contributed by atoms with E-state index in [0.29, 0.717) is 32.4 Å². The van der Waals surface area contributed by atoms with Crippen LogP contribution in [0.4, 0.5) is 14.9 Å². The summed E-state index contributed by atoms with van der Waals surface area (Å²) in [4.78, 5) is 28.1. The number of nitrogens with zero attached hydrogens (tertiary/aromatic N) is 2. The van der Waals surface area contributed by atoms with Crippen LogP contribution in [0.15, 0.2) is 47.8 Å². The Morgan fingerprint density at radius 1 is 1.25 bits per heavy atom. The number of allylic oxidation sites excluding steroid dienone is 1. The molecule has 1 aromatic rings. The molecule has 5 N–H and O–H groups in total. The first-order chi connectivity index (χ1) is 15.5. The smallest absolute Gasteiger partial charge is 0.327 e. The molecule has 0 radical (unpaired) electrons. The van der Waals surface area contributed by atoms with Gasteiger partial charge >= 0.3 is 6.03 Å². The Balaban J connectivity index is 1.34. The number of carbonyl (C=O) groups excluding carboxylic acids is 2. The highest BCUT2D eigenvalue weighted by molar-refractivity contribution is 5.96. The van der Waals surface area contributed by atoms with Gasteiger partial charge in [0, 0.05) is 37.0 Å². The van der Waals surface area contributed by atoms with Crippen LogP contribution < -0.4 is 26.6 Å². The van der Waals surface area contributed by atoms with Crippen LogP contribution in [0.2, 0.25) is 0 Å². The Bertz CT molecular complexity index is 900. The number of anilines is 1. The first-order valence-electron chi connectivity index (χ1n) is 11.2. The number of urea groups is 1. The topological polar surface area (TPSA) is 103 Å². The molecule has 0 spiro atoms. The van der Waals surface area contributed by atoms with Gasteiger partial charge in [-0.3, -0.25) is 9.69 Å². The monoisotopic (exact) mass is 442 g/mol. The Morgan fingerprint density at radius 2 is 2.06 bits per heavy atom. The van der Waals surface area contributed by atoms with E-state index >= 15 is 0 Å². The molecular formula is C23H31FN6O2. The second-order valence-electron chi connectivity index (χ2n) is 8.41. The van der Waals surface area contributed by atoms with E-state index in [4.69, 9.17) is 5.73 Å². The number of benzene rings is 1. The standard InChI is InChI=1S/C23H31FN6O2/c24-18-8-11-29(15-18)21(31)7-4-19-12-17-14-30(23(32)28-22(17)27-19)20-5-2-16(3-6-20)13-26-10-1-9-25/h2-3,5-6,12,14,18,22,26-27H,1,4,7-11,13,15,25H2,(H,28,32). The van der Waals surface area contributed by atoms with E-state index in [-0.39, 0.29) is 24.6 Å². The third kappa shape index (κ3) is 5.28. The Labute approximate surface area is 187 Å². The Morgan fingerprint density at radius 3 is 2.78 bits per heavy atom. The van der Waals surface area contributed by atoms with Gasteiger partial charge in [-0.2, -0.15) is 0 Å². The van der Waals surface area contributed by atoms with Gasteiger partial charge in [-0.1, -0.05) is 12.1 Å². The molecule has 1 saturated heterocycles. The van der Waals surface area contributed by atoms with Crippen LogP contribution in [0.5, 0.6) is 0 Å². The SMILES string of the molecule is NCCCNCc1ccc(N2C=C3C=C(CCC(=O)N4CCC(F)C4)NC3NC2=O)cc1. The highest BCUT2D eigenvalue weighted by atomic mass is 19.1. The van der Waals surface area contributed by atoms with E-state index in [9.17, 15) is 14.0 Å². The first kappa shape index (κ1) is 22.3. The van der Waals surface area contributed by atoms with Gasteiger partial charge < -0.3 is 26.6 Å². The van der Waals surface area contributed by atoms with Crippen molar-refractivity contribution in [2.45, 2.75) is 44.6 Å². The van der Waals surface area contributed by atoms with Crippen molar-refractivity contribution in [2.24, 2.45) is 5.73 Å². The summed E-state index contributed by atoms with van der Waals surface area (Å²) in [6, 6.07) is 7.65. The molecule has 3 aliphatic heterocycles. The molecule has 2 atom stereocenters. The minimum atomic E-state index is -0.904. The summed E-state index contributed by atoms with van der Waals surface area (Å²) in [5.74, 6) is -0.0278. The lowest BCUT2D eigenvalue weighted by Gasteiger charge is -2.29. The predicted molar refractivity (Wildman–Crippen MR) is 121 cm³/mol. The number of hydrogen-bond acceptors (Lipinski definition) is 5. The zero-order valence-electron chi connectivity index (χ0n) is 18.1. The van der Waals surface area contributed by atoms with Gasteiger partial charge in [0.05, 0.1) is 12.2 Å². The summed E-state index contributed by atoms with van der Waals surface area (Å²) < 4.78 is 13.3. The van der Waals surface area contributed by atoms with E-state index in [1.165, 1.54) is 0 Å². The molecule has 3 heterocycles. The van der Waals surface area contributed by atoms with E-state index < -0.39 is 6.17 Å². The lowest BCUT2D eigenvalue weighted by molar-refractivity contribution is -0.130. The molecule has 4 rings (SSSR count). The largest absolute Gasteiger partial charge is 0.365 e. The quantitative estimate of drug-likeness (QED) is 0.436. The zero-order valence-corrected chi connectivity index (χ0v) is 18.1. The minimum Gasteiger partial charge on any atom is -0.365 e. The average Bonchev–Trinajstić information content (AvgIpc) is 3.40. The van der Waals surface area contributed by atoms with Gasteiger partial charge in [-0.05, 0) is 56.1 Å². The van der Waals surface area contributed by atoms with Crippen LogP contribution >= 0.6 is 0 Å². The molecule has 1 aromatic carbocycles. The number of carbonyl (C=O) groups is 2. The lowest BCUT2D eigenvalue weighted by atomic mass is 10.1. The molecule has 9 heteroatoms. The summed E-state index contributed by atoms with van der Waals surface area (Å²) >= 11 is 0. The summed E-state index contributed by atoms with van der Waals surface area (Å²) in [5.41, 5.74) is 9.25. The Hall–Kier alpha value is -2.91. The van der Waals surface area contributed by atoms with E-state index in [1.54, 1.807) is 9.80 Å². The third-order valence-corrected chi connectivity index (χ3v) is 5.96. The third-order valence-electron chi connectivity index (χ3n) is 5.96. The molecule has 3 amide bonds. The Kier molecular flexibility index (Phi) is 7.06. The average molecular weight is 443 g/mol. The van der Waals surface area contributed by atoms with Crippen LogP contribution in [0, 0.1) is 0 Å². The molecule has 2 unspecified atom stereocenters. The molecule has 0 bridgehead atoms. The van der Waals surface area contributed by atoms with Crippen molar-refractivity contribution in [3.05, 3.63) is 53.4 Å². The predicted octanol–water partition coefficient (Wildman–Crippen LogP) is 1.70. The number of hydrogen-bond donors (Lipinski definition) is 4.